The van der Waals surface area contributed by atoms with Crippen molar-refractivity contribution >= 4 is 5.69 Å². The van der Waals surface area contributed by atoms with Crippen LogP contribution in [0, 0.1) is 12.8 Å². The van der Waals surface area contributed by atoms with Crippen LogP contribution in [0.2, 0.25) is 0 Å². The Morgan fingerprint density at radius 3 is 2.52 bits per heavy atom. The quantitative estimate of drug-likeness (QED) is 0.895. The monoisotopic (exact) mass is 286 g/mol. The first-order valence-corrected chi connectivity index (χ1v) is 8.86. The van der Waals surface area contributed by atoms with Gasteiger partial charge in [0, 0.05) is 24.8 Å². The van der Waals surface area contributed by atoms with Crippen LogP contribution in [-0.2, 0) is 0 Å². The molecule has 21 heavy (non-hydrogen) atoms. The normalized spacial score (nSPS) is 24.2. The van der Waals surface area contributed by atoms with Gasteiger partial charge in [0.05, 0.1) is 0 Å². The molecule has 1 aliphatic heterocycles. The van der Waals surface area contributed by atoms with Gasteiger partial charge < -0.3 is 10.2 Å². The van der Waals surface area contributed by atoms with E-state index in [2.05, 4.69) is 41.4 Å². The van der Waals surface area contributed by atoms with Gasteiger partial charge in [-0.25, -0.2) is 0 Å². The Morgan fingerprint density at radius 1 is 1.00 bits per heavy atom. The van der Waals surface area contributed by atoms with E-state index in [4.69, 9.17) is 0 Å². The minimum Gasteiger partial charge on any atom is -0.370 e. The number of nitrogens with zero attached hydrogens (tertiary/aromatic N) is 1. The van der Waals surface area contributed by atoms with Gasteiger partial charge in [-0.15, -0.1) is 0 Å². The molecule has 0 bridgehead atoms. The summed E-state index contributed by atoms with van der Waals surface area (Å²) in [6, 6.07) is 9.70. The number of aryl methyl sites for hydroxylation is 1. The van der Waals surface area contributed by atoms with E-state index in [-0.39, 0.29) is 0 Å². The highest BCUT2D eigenvalue weighted by Gasteiger charge is 2.21. The fourth-order valence-electron chi connectivity index (χ4n) is 3.86. The molecule has 0 spiro atoms. The first-order chi connectivity index (χ1) is 10.3. The number of anilines is 1. The van der Waals surface area contributed by atoms with E-state index in [0.29, 0.717) is 6.04 Å². The van der Waals surface area contributed by atoms with Crippen molar-refractivity contribution in [3.8, 4) is 0 Å². The molecule has 1 aromatic rings. The van der Waals surface area contributed by atoms with Crippen LogP contribution >= 0.6 is 0 Å². The Balaban J connectivity index is 1.49. The summed E-state index contributed by atoms with van der Waals surface area (Å²) in [6.07, 6.45) is 9.91. The van der Waals surface area contributed by atoms with E-state index in [1.807, 2.05) is 0 Å². The van der Waals surface area contributed by atoms with E-state index >= 15 is 0 Å². The summed E-state index contributed by atoms with van der Waals surface area (Å²) in [4.78, 5) is 2.56. The molecule has 1 aromatic carbocycles. The molecule has 1 heterocycles. The molecule has 2 fully saturated rings. The Bertz CT molecular complexity index is 420. The van der Waals surface area contributed by atoms with Crippen LogP contribution in [-0.4, -0.2) is 25.7 Å². The van der Waals surface area contributed by atoms with Crippen molar-refractivity contribution < 1.29 is 0 Å². The van der Waals surface area contributed by atoms with Crippen molar-refractivity contribution in [2.75, 3.05) is 24.5 Å². The van der Waals surface area contributed by atoms with E-state index in [1.54, 1.807) is 0 Å². The lowest BCUT2D eigenvalue weighted by molar-refractivity contribution is 0.314. The van der Waals surface area contributed by atoms with Crippen LogP contribution in [0.5, 0.6) is 0 Å². The summed E-state index contributed by atoms with van der Waals surface area (Å²) in [5.74, 6) is 0.938. The lowest BCUT2D eigenvalue weighted by Crippen LogP contribution is -2.47. The molecule has 1 N–H and O–H groups in total. The fourth-order valence-corrected chi connectivity index (χ4v) is 3.86. The van der Waals surface area contributed by atoms with Crippen molar-refractivity contribution in [2.45, 2.75) is 57.9 Å². The van der Waals surface area contributed by atoms with Crippen molar-refractivity contribution in [1.82, 2.24) is 5.32 Å². The van der Waals surface area contributed by atoms with Crippen LogP contribution < -0.4 is 10.2 Å². The van der Waals surface area contributed by atoms with E-state index < -0.39 is 0 Å². The van der Waals surface area contributed by atoms with Crippen molar-refractivity contribution in [2.24, 2.45) is 5.92 Å². The second-order valence-electron chi connectivity index (χ2n) is 7.03. The molecule has 1 atom stereocenters. The maximum atomic E-state index is 3.86. The predicted molar refractivity (Wildman–Crippen MR) is 91.0 cm³/mol. The average molecular weight is 286 g/mol. The van der Waals surface area contributed by atoms with Gasteiger partial charge in [-0.1, -0.05) is 37.0 Å². The van der Waals surface area contributed by atoms with Gasteiger partial charge in [-0.05, 0) is 57.2 Å². The molecule has 1 unspecified atom stereocenters. The van der Waals surface area contributed by atoms with Gasteiger partial charge in [0.25, 0.3) is 0 Å². The third kappa shape index (κ3) is 4.23. The van der Waals surface area contributed by atoms with Crippen LogP contribution in [0.4, 0.5) is 5.69 Å². The highest BCUT2D eigenvalue weighted by Crippen LogP contribution is 2.24. The fraction of sp³-hybridized carbons (Fsp3) is 0.684. The Labute approximate surface area is 129 Å². The molecule has 116 valence electrons. The standard InChI is InChI=1S/C19H30N2/c1-16-9-11-19(12-10-16)21-13-5-8-18(15-21)20-14-17-6-3-2-4-7-17/h9-12,17-18,20H,2-8,13-15H2,1H3. The molecule has 2 aliphatic rings. The third-order valence-corrected chi connectivity index (χ3v) is 5.24. The number of nitrogens with one attached hydrogen (secondary N) is 1. The number of hydrogen-bond donors (Lipinski definition) is 1. The minimum atomic E-state index is 0.682. The van der Waals surface area contributed by atoms with Gasteiger partial charge in [0.1, 0.15) is 0 Å². The van der Waals surface area contributed by atoms with Gasteiger partial charge in [-0.2, -0.15) is 0 Å². The highest BCUT2D eigenvalue weighted by atomic mass is 15.2. The summed E-state index contributed by atoms with van der Waals surface area (Å²) in [7, 11) is 0. The first kappa shape index (κ1) is 14.9. The van der Waals surface area contributed by atoms with E-state index in [1.165, 1.54) is 75.8 Å². The number of rotatable bonds is 4. The minimum absolute atomic E-state index is 0.682. The van der Waals surface area contributed by atoms with Gasteiger partial charge in [0.2, 0.25) is 0 Å². The molecule has 1 saturated heterocycles. The van der Waals surface area contributed by atoms with Crippen LogP contribution in [0.15, 0.2) is 24.3 Å². The van der Waals surface area contributed by atoms with Crippen LogP contribution in [0.3, 0.4) is 0 Å². The predicted octanol–water partition coefficient (Wildman–Crippen LogP) is 4.13. The van der Waals surface area contributed by atoms with Crippen molar-refractivity contribution in [3.63, 3.8) is 0 Å². The topological polar surface area (TPSA) is 15.3 Å². The summed E-state index contributed by atoms with van der Waals surface area (Å²) in [6.45, 7) is 5.79. The molecule has 0 aromatic heterocycles. The number of hydrogen-bond acceptors (Lipinski definition) is 2. The van der Waals surface area contributed by atoms with E-state index in [9.17, 15) is 0 Å². The molecular weight excluding hydrogens is 256 g/mol. The summed E-state index contributed by atoms with van der Waals surface area (Å²) >= 11 is 0. The van der Waals surface area contributed by atoms with Crippen LogP contribution in [0.1, 0.15) is 50.5 Å². The Morgan fingerprint density at radius 2 is 1.76 bits per heavy atom. The Kier molecular flexibility index (Phi) is 5.18. The molecular formula is C19H30N2. The van der Waals surface area contributed by atoms with Crippen molar-refractivity contribution in [3.05, 3.63) is 29.8 Å². The Hall–Kier alpha value is -1.02. The molecule has 1 saturated carbocycles. The molecule has 3 rings (SSSR count). The van der Waals surface area contributed by atoms with Crippen molar-refractivity contribution in [1.29, 1.82) is 0 Å². The number of benzene rings is 1. The zero-order chi connectivity index (χ0) is 14.5. The summed E-state index contributed by atoms with van der Waals surface area (Å²) in [5.41, 5.74) is 2.74. The second kappa shape index (κ2) is 7.31. The SMILES string of the molecule is Cc1ccc(N2CCCC(NCC3CCCCC3)C2)cc1. The summed E-state index contributed by atoms with van der Waals surface area (Å²) < 4.78 is 0. The average Bonchev–Trinajstić information content (AvgIpc) is 2.55. The maximum absolute atomic E-state index is 3.86. The molecule has 0 amide bonds. The smallest absolute Gasteiger partial charge is 0.0366 e. The maximum Gasteiger partial charge on any atom is 0.0366 e. The molecule has 2 heteroatoms. The lowest BCUT2D eigenvalue weighted by atomic mass is 9.89. The molecule has 2 nitrogen and oxygen atoms in total. The second-order valence-corrected chi connectivity index (χ2v) is 7.03. The lowest BCUT2D eigenvalue weighted by Gasteiger charge is -2.36. The third-order valence-electron chi connectivity index (χ3n) is 5.24. The number of piperidine rings is 1. The highest BCUT2D eigenvalue weighted by molar-refractivity contribution is 5.48. The zero-order valence-electron chi connectivity index (χ0n) is 13.5. The van der Waals surface area contributed by atoms with Gasteiger partial charge in [-0.3, -0.25) is 0 Å². The van der Waals surface area contributed by atoms with Gasteiger partial charge >= 0.3 is 0 Å². The largest absolute Gasteiger partial charge is 0.370 e. The molecule has 1 aliphatic carbocycles. The first-order valence-electron chi connectivity index (χ1n) is 8.86. The zero-order valence-corrected chi connectivity index (χ0v) is 13.5. The van der Waals surface area contributed by atoms with E-state index in [0.717, 1.165) is 5.92 Å². The molecule has 0 radical (unpaired) electrons. The van der Waals surface area contributed by atoms with Crippen LogP contribution in [0.25, 0.3) is 0 Å². The summed E-state index contributed by atoms with van der Waals surface area (Å²) in [5, 5.41) is 3.86. The van der Waals surface area contributed by atoms with Gasteiger partial charge in [0.15, 0.2) is 0 Å².